The third kappa shape index (κ3) is 6.07. The summed E-state index contributed by atoms with van der Waals surface area (Å²) in [6.45, 7) is 2.21. The smallest absolute Gasteiger partial charge is 0.246 e. The molecular formula is C22H23N3O4S. The van der Waals surface area contributed by atoms with Crippen molar-refractivity contribution in [2.45, 2.75) is 24.5 Å². The minimum absolute atomic E-state index is 0.0127. The Morgan fingerprint density at radius 1 is 0.933 bits per heavy atom. The number of ether oxygens (including phenoxy) is 1. The van der Waals surface area contributed by atoms with E-state index >= 15 is 0 Å². The molecule has 3 rings (SSSR count). The van der Waals surface area contributed by atoms with Crippen molar-refractivity contribution in [1.82, 2.24) is 0 Å². The van der Waals surface area contributed by atoms with E-state index in [4.69, 9.17) is 9.88 Å². The molecule has 0 aliphatic heterocycles. The van der Waals surface area contributed by atoms with Gasteiger partial charge in [0.1, 0.15) is 18.4 Å². The first-order valence-electron chi connectivity index (χ1n) is 9.28. The largest absolute Gasteiger partial charge is 0.489 e. The summed E-state index contributed by atoms with van der Waals surface area (Å²) in [6, 6.07) is 22.4. The van der Waals surface area contributed by atoms with Crippen LogP contribution in [0, 0.1) is 0 Å². The highest BCUT2D eigenvalue weighted by molar-refractivity contribution is 7.89. The molecule has 0 aliphatic rings. The van der Waals surface area contributed by atoms with Crippen molar-refractivity contribution in [3.63, 3.8) is 0 Å². The predicted molar refractivity (Wildman–Crippen MR) is 117 cm³/mol. The standard InChI is InChI=1S/C22H23N3O4S/c1-16(22(26)25-19-9-13-21(14-10-19)30(23,27)28)24-18-7-11-20(12-8-18)29-15-17-5-3-2-4-6-17/h2-14,16,24H,15H2,1H3,(H,25,26)(H2,23,27,28)/t16-/m0/s1. The maximum absolute atomic E-state index is 12.4. The van der Waals surface area contributed by atoms with Crippen molar-refractivity contribution in [2.75, 3.05) is 10.6 Å². The summed E-state index contributed by atoms with van der Waals surface area (Å²) >= 11 is 0. The van der Waals surface area contributed by atoms with Crippen LogP contribution in [0.25, 0.3) is 0 Å². The number of carbonyl (C=O) groups is 1. The van der Waals surface area contributed by atoms with Crippen molar-refractivity contribution < 1.29 is 17.9 Å². The van der Waals surface area contributed by atoms with E-state index < -0.39 is 16.1 Å². The van der Waals surface area contributed by atoms with E-state index in [-0.39, 0.29) is 10.8 Å². The molecule has 3 aromatic rings. The Hall–Kier alpha value is -3.36. The van der Waals surface area contributed by atoms with E-state index in [1.54, 1.807) is 6.92 Å². The Bertz CT molecular complexity index is 1080. The predicted octanol–water partition coefficient (Wildman–Crippen LogP) is 3.35. The Morgan fingerprint density at radius 2 is 1.53 bits per heavy atom. The zero-order chi connectivity index (χ0) is 21.6. The normalized spacial score (nSPS) is 12.1. The lowest BCUT2D eigenvalue weighted by Crippen LogP contribution is -2.31. The number of benzene rings is 3. The Labute approximate surface area is 175 Å². The molecule has 30 heavy (non-hydrogen) atoms. The number of sulfonamides is 1. The van der Waals surface area contributed by atoms with E-state index in [2.05, 4.69) is 10.6 Å². The van der Waals surface area contributed by atoms with Gasteiger partial charge in [-0.3, -0.25) is 4.79 Å². The molecule has 0 aliphatic carbocycles. The molecule has 0 unspecified atom stereocenters. The first-order chi connectivity index (χ1) is 14.3. The number of hydrogen-bond acceptors (Lipinski definition) is 5. The molecular weight excluding hydrogens is 402 g/mol. The van der Waals surface area contributed by atoms with Gasteiger partial charge < -0.3 is 15.4 Å². The minimum Gasteiger partial charge on any atom is -0.489 e. The number of carbonyl (C=O) groups excluding carboxylic acids is 1. The molecule has 7 nitrogen and oxygen atoms in total. The number of primary sulfonamides is 1. The summed E-state index contributed by atoms with van der Waals surface area (Å²) in [5, 5.41) is 10.9. The van der Waals surface area contributed by atoms with Gasteiger partial charge in [0.15, 0.2) is 0 Å². The molecule has 1 amide bonds. The van der Waals surface area contributed by atoms with Gasteiger partial charge in [-0.05, 0) is 61.0 Å². The van der Waals surface area contributed by atoms with Gasteiger partial charge in [-0.1, -0.05) is 30.3 Å². The van der Waals surface area contributed by atoms with E-state index in [1.807, 2.05) is 54.6 Å². The highest BCUT2D eigenvalue weighted by atomic mass is 32.2. The summed E-state index contributed by atoms with van der Waals surface area (Å²) in [5.74, 6) is 0.471. The molecule has 156 valence electrons. The molecule has 1 atom stereocenters. The van der Waals surface area contributed by atoms with Gasteiger partial charge in [0.05, 0.1) is 4.90 Å². The van der Waals surface area contributed by atoms with Crippen LogP contribution in [0.4, 0.5) is 11.4 Å². The van der Waals surface area contributed by atoms with Crippen molar-refractivity contribution in [1.29, 1.82) is 0 Å². The van der Waals surface area contributed by atoms with Crippen LogP contribution in [0.5, 0.6) is 5.75 Å². The minimum atomic E-state index is -3.76. The number of rotatable bonds is 8. The molecule has 8 heteroatoms. The summed E-state index contributed by atoms with van der Waals surface area (Å²) in [5.41, 5.74) is 2.34. The fourth-order valence-corrected chi connectivity index (χ4v) is 3.20. The number of hydrogen-bond donors (Lipinski definition) is 3. The lowest BCUT2D eigenvalue weighted by atomic mass is 10.2. The second-order valence-corrected chi connectivity index (χ2v) is 8.28. The van der Waals surface area contributed by atoms with E-state index in [0.29, 0.717) is 12.3 Å². The molecule has 0 radical (unpaired) electrons. The fraction of sp³-hybridized carbons (Fsp3) is 0.136. The van der Waals surface area contributed by atoms with Crippen LogP contribution >= 0.6 is 0 Å². The topological polar surface area (TPSA) is 111 Å². The second kappa shape index (κ2) is 9.43. The van der Waals surface area contributed by atoms with Crippen molar-refractivity contribution in [2.24, 2.45) is 5.14 Å². The van der Waals surface area contributed by atoms with Crippen LogP contribution in [-0.4, -0.2) is 20.4 Å². The number of nitrogens with one attached hydrogen (secondary N) is 2. The van der Waals surface area contributed by atoms with Crippen molar-refractivity contribution >= 4 is 27.3 Å². The average Bonchev–Trinajstić information content (AvgIpc) is 2.73. The summed E-state index contributed by atoms with van der Waals surface area (Å²) in [4.78, 5) is 12.4. The van der Waals surface area contributed by atoms with Gasteiger partial charge in [0.2, 0.25) is 15.9 Å². The third-order valence-corrected chi connectivity index (χ3v) is 5.26. The zero-order valence-electron chi connectivity index (χ0n) is 16.4. The van der Waals surface area contributed by atoms with E-state index in [9.17, 15) is 13.2 Å². The Morgan fingerprint density at radius 3 is 2.13 bits per heavy atom. The maximum Gasteiger partial charge on any atom is 0.246 e. The quantitative estimate of drug-likeness (QED) is 0.513. The molecule has 0 heterocycles. The first-order valence-corrected chi connectivity index (χ1v) is 10.8. The van der Waals surface area contributed by atoms with Crippen LogP contribution in [-0.2, 0) is 21.4 Å². The monoisotopic (exact) mass is 425 g/mol. The maximum atomic E-state index is 12.4. The van der Waals surface area contributed by atoms with Crippen LogP contribution in [0.2, 0.25) is 0 Å². The molecule has 3 aromatic carbocycles. The van der Waals surface area contributed by atoms with E-state index in [0.717, 1.165) is 17.0 Å². The SMILES string of the molecule is C[C@H](Nc1ccc(OCc2ccccc2)cc1)C(=O)Nc1ccc(S(N)(=O)=O)cc1. The first kappa shape index (κ1) is 21.4. The zero-order valence-corrected chi connectivity index (χ0v) is 17.2. The van der Waals surface area contributed by atoms with Crippen molar-refractivity contribution in [3.8, 4) is 5.75 Å². The number of nitrogens with two attached hydrogens (primary N) is 1. The fourth-order valence-electron chi connectivity index (χ4n) is 2.68. The molecule has 0 aromatic heterocycles. The number of anilines is 2. The third-order valence-electron chi connectivity index (χ3n) is 4.33. The Kier molecular flexibility index (Phi) is 6.71. The Balaban J connectivity index is 1.52. The molecule has 0 saturated heterocycles. The van der Waals surface area contributed by atoms with Crippen LogP contribution in [0.1, 0.15) is 12.5 Å². The molecule has 0 bridgehead atoms. The average molecular weight is 426 g/mol. The van der Waals surface area contributed by atoms with Gasteiger partial charge in [0.25, 0.3) is 0 Å². The highest BCUT2D eigenvalue weighted by Crippen LogP contribution is 2.18. The van der Waals surface area contributed by atoms with Gasteiger partial charge in [-0.25, -0.2) is 13.6 Å². The van der Waals surface area contributed by atoms with Gasteiger partial charge in [-0.2, -0.15) is 0 Å². The van der Waals surface area contributed by atoms with Gasteiger partial charge in [-0.15, -0.1) is 0 Å². The lowest BCUT2D eigenvalue weighted by molar-refractivity contribution is -0.116. The summed E-state index contributed by atoms with van der Waals surface area (Å²) < 4.78 is 28.3. The second-order valence-electron chi connectivity index (χ2n) is 6.72. The lowest BCUT2D eigenvalue weighted by Gasteiger charge is -2.16. The van der Waals surface area contributed by atoms with E-state index in [1.165, 1.54) is 24.3 Å². The van der Waals surface area contributed by atoms with Gasteiger partial charge >= 0.3 is 0 Å². The highest BCUT2D eigenvalue weighted by Gasteiger charge is 2.14. The molecule has 0 spiro atoms. The van der Waals surface area contributed by atoms with Crippen molar-refractivity contribution in [3.05, 3.63) is 84.4 Å². The van der Waals surface area contributed by atoms with Crippen LogP contribution in [0.3, 0.4) is 0 Å². The summed E-state index contributed by atoms with van der Waals surface area (Å²) in [7, 11) is -3.76. The molecule has 0 saturated carbocycles. The van der Waals surface area contributed by atoms with Crippen LogP contribution in [0.15, 0.2) is 83.8 Å². The molecule has 4 N–H and O–H groups in total. The molecule has 0 fully saturated rings. The summed E-state index contributed by atoms with van der Waals surface area (Å²) in [6.07, 6.45) is 0. The van der Waals surface area contributed by atoms with Gasteiger partial charge in [0, 0.05) is 11.4 Å². The van der Waals surface area contributed by atoms with Crippen LogP contribution < -0.4 is 20.5 Å². The number of amides is 1.